The molecular weight excluding hydrogens is 332 g/mol. The molecule has 0 radical (unpaired) electrons. The van der Waals surface area contributed by atoms with E-state index < -0.39 is 0 Å². The van der Waals surface area contributed by atoms with Gasteiger partial charge in [0, 0.05) is 18.1 Å². The smallest absolute Gasteiger partial charge is 0.264 e. The predicted molar refractivity (Wildman–Crippen MR) is 91.7 cm³/mol. The first-order valence-corrected chi connectivity index (χ1v) is 8.77. The monoisotopic (exact) mass is 348 g/mol. The molecule has 1 saturated heterocycles. The van der Waals surface area contributed by atoms with E-state index >= 15 is 0 Å². The van der Waals surface area contributed by atoms with Crippen molar-refractivity contribution >= 4 is 34.8 Å². The average molecular weight is 349 g/mol. The number of rotatable bonds is 4. The van der Waals surface area contributed by atoms with Crippen LogP contribution in [0.4, 0.5) is 0 Å². The lowest BCUT2D eigenvalue weighted by Crippen LogP contribution is -2.45. The first kappa shape index (κ1) is 16.0. The second kappa shape index (κ2) is 7.15. The summed E-state index contributed by atoms with van der Waals surface area (Å²) in [6.07, 6.45) is 1.56. The first-order chi connectivity index (χ1) is 11.1. The molecule has 0 saturated carbocycles. The second-order valence-electron chi connectivity index (χ2n) is 5.48. The van der Waals surface area contributed by atoms with Crippen LogP contribution in [0.15, 0.2) is 41.8 Å². The molecule has 0 aliphatic carbocycles. The summed E-state index contributed by atoms with van der Waals surface area (Å²) >= 11 is 7.35. The van der Waals surface area contributed by atoms with Crippen LogP contribution in [0.1, 0.15) is 28.1 Å². The Morgan fingerprint density at radius 3 is 2.91 bits per heavy atom. The van der Waals surface area contributed by atoms with Crippen molar-refractivity contribution in [1.82, 2.24) is 10.2 Å². The Morgan fingerprint density at radius 2 is 2.17 bits per heavy atom. The van der Waals surface area contributed by atoms with Crippen molar-refractivity contribution in [2.24, 2.45) is 0 Å². The second-order valence-corrected chi connectivity index (χ2v) is 6.87. The van der Waals surface area contributed by atoms with Crippen molar-refractivity contribution in [3.8, 4) is 0 Å². The molecule has 1 fully saturated rings. The fraction of sp³-hybridized carbons (Fsp3) is 0.294. The zero-order valence-electron chi connectivity index (χ0n) is 12.5. The third kappa shape index (κ3) is 3.74. The van der Waals surface area contributed by atoms with E-state index in [4.69, 9.17) is 11.6 Å². The number of amides is 2. The number of hydrogen-bond donors (Lipinski definition) is 1. The van der Waals surface area contributed by atoms with Gasteiger partial charge in [0.1, 0.15) is 6.04 Å². The van der Waals surface area contributed by atoms with Crippen molar-refractivity contribution in [2.75, 3.05) is 6.54 Å². The number of benzene rings is 1. The molecule has 0 spiro atoms. The van der Waals surface area contributed by atoms with Crippen molar-refractivity contribution in [1.29, 1.82) is 0 Å². The Morgan fingerprint density at radius 1 is 1.30 bits per heavy atom. The van der Waals surface area contributed by atoms with E-state index in [-0.39, 0.29) is 17.9 Å². The lowest BCUT2D eigenvalue weighted by Gasteiger charge is -2.23. The maximum atomic E-state index is 12.5. The van der Waals surface area contributed by atoms with Gasteiger partial charge in [0.2, 0.25) is 5.91 Å². The molecule has 1 N–H and O–H groups in total. The molecule has 1 aliphatic rings. The zero-order valence-corrected chi connectivity index (χ0v) is 14.1. The van der Waals surface area contributed by atoms with Gasteiger partial charge in [-0.2, -0.15) is 0 Å². The molecule has 23 heavy (non-hydrogen) atoms. The maximum Gasteiger partial charge on any atom is 0.264 e. The first-order valence-electron chi connectivity index (χ1n) is 7.52. The summed E-state index contributed by atoms with van der Waals surface area (Å²) in [7, 11) is 0. The molecule has 120 valence electrons. The Labute approximate surface area is 144 Å². The van der Waals surface area contributed by atoms with Crippen LogP contribution in [0.5, 0.6) is 0 Å². The molecule has 2 aromatic rings. The number of thiophene rings is 1. The molecule has 1 aliphatic heterocycles. The molecule has 1 aromatic carbocycles. The maximum absolute atomic E-state index is 12.5. The zero-order chi connectivity index (χ0) is 16.2. The lowest BCUT2D eigenvalue weighted by molar-refractivity contribution is -0.125. The van der Waals surface area contributed by atoms with Gasteiger partial charge in [-0.3, -0.25) is 9.59 Å². The number of nitrogens with zero attached hydrogens (tertiary/aromatic N) is 1. The molecule has 6 heteroatoms. The van der Waals surface area contributed by atoms with Gasteiger partial charge in [0.25, 0.3) is 5.91 Å². The van der Waals surface area contributed by atoms with Crippen LogP contribution in [0.3, 0.4) is 0 Å². The number of nitrogens with one attached hydrogen (secondary N) is 1. The molecule has 3 rings (SSSR count). The predicted octanol–water partition coefficient (Wildman–Crippen LogP) is 3.32. The Balaban J connectivity index is 1.63. The largest absolute Gasteiger partial charge is 0.350 e. The molecule has 0 bridgehead atoms. The van der Waals surface area contributed by atoms with Crippen LogP contribution in [0, 0.1) is 0 Å². The summed E-state index contributed by atoms with van der Waals surface area (Å²) in [5.41, 5.74) is 0.944. The van der Waals surface area contributed by atoms with E-state index in [0.717, 1.165) is 12.0 Å². The summed E-state index contributed by atoms with van der Waals surface area (Å²) in [4.78, 5) is 27.3. The minimum Gasteiger partial charge on any atom is -0.350 e. The third-order valence-electron chi connectivity index (χ3n) is 3.90. The van der Waals surface area contributed by atoms with Gasteiger partial charge in [0.05, 0.1) is 4.88 Å². The van der Waals surface area contributed by atoms with Crippen LogP contribution in [0.25, 0.3) is 0 Å². The molecule has 1 aromatic heterocycles. The Kier molecular flexibility index (Phi) is 4.98. The fourth-order valence-electron chi connectivity index (χ4n) is 2.78. The molecule has 2 heterocycles. The van der Waals surface area contributed by atoms with Crippen LogP contribution in [0.2, 0.25) is 5.02 Å². The third-order valence-corrected chi connectivity index (χ3v) is 5.00. The lowest BCUT2D eigenvalue weighted by atomic mass is 10.2. The van der Waals surface area contributed by atoms with E-state index in [1.165, 1.54) is 11.3 Å². The van der Waals surface area contributed by atoms with Gasteiger partial charge in [-0.25, -0.2) is 0 Å². The van der Waals surface area contributed by atoms with E-state index in [9.17, 15) is 9.59 Å². The summed E-state index contributed by atoms with van der Waals surface area (Å²) in [5, 5.41) is 5.43. The van der Waals surface area contributed by atoms with Crippen molar-refractivity contribution in [3.05, 3.63) is 57.2 Å². The highest BCUT2D eigenvalue weighted by molar-refractivity contribution is 7.12. The van der Waals surface area contributed by atoms with Crippen LogP contribution < -0.4 is 5.32 Å². The summed E-state index contributed by atoms with van der Waals surface area (Å²) in [6.45, 7) is 1.04. The number of carbonyl (C=O) groups is 2. The average Bonchev–Trinajstić information content (AvgIpc) is 3.23. The SMILES string of the molecule is O=C(NCc1cccc(Cl)c1)[C@@H]1CCCN1C(=O)c1cccs1. The van der Waals surface area contributed by atoms with Gasteiger partial charge < -0.3 is 10.2 Å². The highest BCUT2D eigenvalue weighted by atomic mass is 35.5. The van der Waals surface area contributed by atoms with E-state index in [0.29, 0.717) is 29.4 Å². The quantitative estimate of drug-likeness (QED) is 0.921. The molecular formula is C17H17ClN2O2S. The van der Waals surface area contributed by atoms with E-state index in [2.05, 4.69) is 5.32 Å². The topological polar surface area (TPSA) is 49.4 Å². The van der Waals surface area contributed by atoms with E-state index in [1.807, 2.05) is 29.6 Å². The van der Waals surface area contributed by atoms with Gasteiger partial charge in [0.15, 0.2) is 0 Å². The molecule has 0 unspecified atom stereocenters. The fourth-order valence-corrected chi connectivity index (χ4v) is 3.67. The number of likely N-dealkylation sites (tertiary alicyclic amines) is 1. The molecule has 4 nitrogen and oxygen atoms in total. The van der Waals surface area contributed by atoms with Gasteiger partial charge in [-0.05, 0) is 42.0 Å². The van der Waals surface area contributed by atoms with Crippen LogP contribution >= 0.6 is 22.9 Å². The van der Waals surface area contributed by atoms with Crippen molar-refractivity contribution in [3.63, 3.8) is 0 Å². The van der Waals surface area contributed by atoms with Crippen LogP contribution in [-0.4, -0.2) is 29.3 Å². The minimum atomic E-state index is -0.385. The van der Waals surface area contributed by atoms with Gasteiger partial charge >= 0.3 is 0 Å². The van der Waals surface area contributed by atoms with Crippen LogP contribution in [-0.2, 0) is 11.3 Å². The molecule has 2 amide bonds. The summed E-state index contributed by atoms with van der Waals surface area (Å²) in [6, 6.07) is 10.6. The standard InChI is InChI=1S/C17H17ClN2O2S/c18-13-5-1-4-12(10-13)11-19-16(21)14-6-2-8-20(14)17(22)15-7-3-9-23-15/h1,3-5,7,9-10,14H,2,6,8,11H2,(H,19,21)/t14-/m0/s1. The number of hydrogen-bond acceptors (Lipinski definition) is 3. The minimum absolute atomic E-state index is 0.0552. The molecule has 1 atom stereocenters. The number of carbonyl (C=O) groups excluding carboxylic acids is 2. The van der Waals surface area contributed by atoms with E-state index in [1.54, 1.807) is 17.0 Å². The van der Waals surface area contributed by atoms with Crippen molar-refractivity contribution in [2.45, 2.75) is 25.4 Å². The Bertz CT molecular complexity index is 702. The van der Waals surface area contributed by atoms with Gasteiger partial charge in [-0.1, -0.05) is 29.8 Å². The normalized spacial score (nSPS) is 17.3. The summed E-state index contributed by atoms with van der Waals surface area (Å²) < 4.78 is 0. The summed E-state index contributed by atoms with van der Waals surface area (Å²) in [5.74, 6) is -0.159. The van der Waals surface area contributed by atoms with Crippen molar-refractivity contribution < 1.29 is 9.59 Å². The highest BCUT2D eigenvalue weighted by Gasteiger charge is 2.34. The number of halogens is 1. The highest BCUT2D eigenvalue weighted by Crippen LogP contribution is 2.22. The van der Waals surface area contributed by atoms with Gasteiger partial charge in [-0.15, -0.1) is 11.3 Å². The Hall–Kier alpha value is -1.85.